The monoisotopic (exact) mass is 859 g/mol. The fraction of sp³-hybridized carbons (Fsp3) is 0.488. The van der Waals surface area contributed by atoms with Gasteiger partial charge in [-0.3, -0.25) is 9.59 Å². The normalized spacial score (nSPS) is 19.0. The van der Waals surface area contributed by atoms with Gasteiger partial charge >= 0.3 is 12.1 Å². The Morgan fingerprint density at radius 3 is 2.41 bits per heavy atom. The third-order valence-electron chi connectivity index (χ3n) is 10.1. The van der Waals surface area contributed by atoms with Gasteiger partial charge in [0.1, 0.15) is 18.2 Å². The summed E-state index contributed by atoms with van der Waals surface area (Å²) in [6.45, 7) is 10.9. The van der Waals surface area contributed by atoms with Crippen LogP contribution >= 0.6 is 23.2 Å². The summed E-state index contributed by atoms with van der Waals surface area (Å²) in [4.78, 5) is 54.2. The van der Waals surface area contributed by atoms with Crippen molar-refractivity contribution in [2.75, 3.05) is 51.3 Å². The van der Waals surface area contributed by atoms with Crippen LogP contribution in [-0.2, 0) is 38.7 Å². The van der Waals surface area contributed by atoms with Gasteiger partial charge in [-0.1, -0.05) is 70.0 Å². The van der Waals surface area contributed by atoms with Gasteiger partial charge in [-0.25, -0.2) is 14.0 Å². The van der Waals surface area contributed by atoms with Crippen molar-refractivity contribution in [1.82, 2.24) is 5.32 Å². The van der Waals surface area contributed by atoms with Crippen LogP contribution in [0.3, 0.4) is 0 Å². The molecule has 5 rings (SSSR count). The number of carbonyl (C=O) groups excluding carboxylic acids is 4. The first-order valence-corrected chi connectivity index (χ1v) is 20.2. The van der Waals surface area contributed by atoms with E-state index in [9.17, 15) is 19.2 Å². The Labute approximate surface area is 353 Å². The van der Waals surface area contributed by atoms with Crippen molar-refractivity contribution in [2.24, 2.45) is 11.3 Å². The summed E-state index contributed by atoms with van der Waals surface area (Å²) >= 11 is 12.7. The highest BCUT2D eigenvalue weighted by Gasteiger charge is 2.60. The lowest BCUT2D eigenvalue weighted by molar-refractivity contribution is -0.121. The molecule has 16 heteroatoms. The third-order valence-corrected chi connectivity index (χ3v) is 10.6. The summed E-state index contributed by atoms with van der Waals surface area (Å²) in [5, 5.41) is 9.51. The molecule has 2 heterocycles. The van der Waals surface area contributed by atoms with E-state index in [0.29, 0.717) is 47.9 Å². The van der Waals surface area contributed by atoms with Crippen LogP contribution in [0.2, 0.25) is 10.0 Å². The fourth-order valence-corrected chi connectivity index (χ4v) is 7.81. The Balaban J connectivity index is 1.36. The molecule has 2 aliphatic heterocycles. The second-order valence-corrected chi connectivity index (χ2v) is 17.0. The van der Waals surface area contributed by atoms with E-state index < -0.39 is 47.6 Å². The number of amides is 2. The maximum Gasteiger partial charge on any atom is 0.511 e. The van der Waals surface area contributed by atoms with Crippen molar-refractivity contribution in [1.29, 1.82) is 0 Å². The van der Waals surface area contributed by atoms with Crippen molar-refractivity contribution in [3.63, 3.8) is 0 Å². The lowest BCUT2D eigenvalue weighted by Crippen LogP contribution is -2.48. The van der Waals surface area contributed by atoms with Crippen LogP contribution in [0, 0.1) is 17.2 Å². The standard InChI is InChI=1S/C43H52Cl2FN3O10/c1-24(2)11-14-35(59-41(53)57-18-17-56-16-15-54-6)58-39(51)25-12-13-30(33(19-25)55-7)48-38(50)32-22-43(34(47-32)23-42(3,4)5)36-28(27-9-8-10-29(45)37(27)46)20-26(44)21-31(36)49-40(43)52/h8-10,12-13,19-21,24,32,34-35,47H,11,14-18,22-23H2,1-7H3,(H,48,50)(H,49,52)/t32-,34+,35?,43+/m1/s1. The Morgan fingerprint density at radius 2 is 1.71 bits per heavy atom. The summed E-state index contributed by atoms with van der Waals surface area (Å²) < 4.78 is 47.4. The average Bonchev–Trinajstić information content (AvgIpc) is 3.68. The quantitative estimate of drug-likeness (QED) is 0.0678. The second kappa shape index (κ2) is 19.7. The van der Waals surface area contributed by atoms with E-state index >= 15 is 4.39 Å². The van der Waals surface area contributed by atoms with E-state index in [2.05, 4.69) is 16.0 Å². The molecule has 1 fully saturated rings. The van der Waals surface area contributed by atoms with Crippen LogP contribution in [-0.4, -0.2) is 83.0 Å². The van der Waals surface area contributed by atoms with Gasteiger partial charge in [-0.2, -0.15) is 0 Å². The van der Waals surface area contributed by atoms with Crippen molar-refractivity contribution in [3.05, 3.63) is 75.5 Å². The lowest BCUT2D eigenvalue weighted by Gasteiger charge is -2.34. The highest BCUT2D eigenvalue weighted by molar-refractivity contribution is 6.32. The number of benzene rings is 3. The van der Waals surface area contributed by atoms with Gasteiger partial charge in [0.2, 0.25) is 11.8 Å². The van der Waals surface area contributed by atoms with E-state index in [1.54, 1.807) is 31.4 Å². The van der Waals surface area contributed by atoms with Gasteiger partial charge in [0.05, 0.1) is 54.7 Å². The molecule has 3 aromatic carbocycles. The summed E-state index contributed by atoms with van der Waals surface area (Å²) in [6, 6.07) is 10.8. The molecule has 3 N–H and O–H groups in total. The zero-order chi connectivity index (χ0) is 43.1. The molecule has 13 nitrogen and oxygen atoms in total. The number of esters is 1. The molecular formula is C43H52Cl2FN3O10. The summed E-state index contributed by atoms with van der Waals surface area (Å²) in [7, 11) is 2.93. The highest BCUT2D eigenvalue weighted by Crippen LogP contribution is 2.54. The number of rotatable bonds is 17. The molecule has 0 saturated carbocycles. The minimum Gasteiger partial charge on any atom is -0.495 e. The number of methoxy groups -OCH3 is 2. The van der Waals surface area contributed by atoms with Gasteiger partial charge in [0, 0.05) is 41.4 Å². The zero-order valence-electron chi connectivity index (χ0n) is 34.3. The van der Waals surface area contributed by atoms with Gasteiger partial charge in [0.25, 0.3) is 6.29 Å². The first-order chi connectivity index (χ1) is 28.0. The minimum atomic E-state index is -1.30. The molecule has 0 bridgehead atoms. The molecule has 320 valence electrons. The van der Waals surface area contributed by atoms with E-state index in [-0.39, 0.29) is 70.9 Å². The molecule has 4 atom stereocenters. The Kier molecular flexibility index (Phi) is 15.3. The number of anilines is 2. The maximum absolute atomic E-state index is 15.6. The Hall–Kier alpha value is -4.47. The van der Waals surface area contributed by atoms with Gasteiger partial charge < -0.3 is 44.4 Å². The van der Waals surface area contributed by atoms with Gasteiger partial charge in [0.15, 0.2) is 0 Å². The topological polar surface area (TPSA) is 160 Å². The minimum absolute atomic E-state index is 0.0308. The molecule has 59 heavy (non-hydrogen) atoms. The van der Waals surface area contributed by atoms with E-state index in [4.69, 9.17) is 51.6 Å². The number of carbonyl (C=O) groups is 4. The van der Waals surface area contributed by atoms with Gasteiger partial charge in [-0.05, 0) is 72.6 Å². The van der Waals surface area contributed by atoms with Crippen LogP contribution in [0.1, 0.15) is 76.2 Å². The molecule has 0 aliphatic carbocycles. The zero-order valence-corrected chi connectivity index (χ0v) is 35.8. The van der Waals surface area contributed by atoms with Crippen LogP contribution in [0.15, 0.2) is 48.5 Å². The number of nitrogens with one attached hydrogen (secondary N) is 3. The Bertz CT molecular complexity index is 2030. The van der Waals surface area contributed by atoms with Crippen molar-refractivity contribution >= 4 is 58.5 Å². The summed E-state index contributed by atoms with van der Waals surface area (Å²) in [6.07, 6.45) is -0.920. The molecule has 1 spiro atoms. The molecule has 1 unspecified atom stereocenters. The Morgan fingerprint density at radius 1 is 0.966 bits per heavy atom. The second-order valence-electron chi connectivity index (χ2n) is 16.2. The SMILES string of the molecule is COCCOCCOC(=O)OC(CCC(C)C)OC(=O)c1ccc(NC(=O)[C@H]2C[C@]3(C(=O)Nc4cc(Cl)cc(-c5cccc(Cl)c5F)c43)[C@H](CC(C)(C)C)N2)c(OC)c1. The fourth-order valence-electron chi connectivity index (χ4n) is 7.42. The number of halogens is 3. The van der Waals surface area contributed by atoms with Crippen LogP contribution < -0.4 is 20.7 Å². The van der Waals surface area contributed by atoms with E-state index in [0.717, 1.165) is 0 Å². The van der Waals surface area contributed by atoms with Crippen molar-refractivity contribution in [2.45, 2.75) is 84.1 Å². The molecule has 1 saturated heterocycles. The molecule has 0 radical (unpaired) electrons. The van der Waals surface area contributed by atoms with E-state index in [1.807, 2.05) is 34.6 Å². The summed E-state index contributed by atoms with van der Waals surface area (Å²) in [5.74, 6) is -1.89. The summed E-state index contributed by atoms with van der Waals surface area (Å²) in [5.41, 5.74) is 0.261. The van der Waals surface area contributed by atoms with Gasteiger partial charge in [-0.15, -0.1) is 0 Å². The first kappa shape index (κ1) is 45.6. The predicted octanol–water partition coefficient (Wildman–Crippen LogP) is 8.54. The predicted molar refractivity (Wildman–Crippen MR) is 222 cm³/mol. The number of hydrogen-bond acceptors (Lipinski definition) is 11. The third kappa shape index (κ3) is 11.0. The molecule has 2 amide bonds. The van der Waals surface area contributed by atoms with Crippen LogP contribution in [0.25, 0.3) is 11.1 Å². The van der Waals surface area contributed by atoms with Crippen LogP contribution in [0.4, 0.5) is 20.6 Å². The molecular weight excluding hydrogens is 808 g/mol. The smallest absolute Gasteiger partial charge is 0.495 e. The molecule has 3 aromatic rings. The molecule has 0 aromatic heterocycles. The highest BCUT2D eigenvalue weighted by atomic mass is 35.5. The van der Waals surface area contributed by atoms with Crippen molar-refractivity contribution in [3.8, 4) is 16.9 Å². The number of fused-ring (bicyclic) bond motifs is 2. The lowest BCUT2D eigenvalue weighted by atomic mass is 9.68. The first-order valence-electron chi connectivity index (χ1n) is 19.4. The van der Waals surface area contributed by atoms with Crippen LogP contribution in [0.5, 0.6) is 5.75 Å². The van der Waals surface area contributed by atoms with E-state index in [1.165, 1.54) is 31.4 Å². The molecule has 2 aliphatic rings. The number of ether oxygens (including phenoxy) is 6. The number of hydrogen-bond donors (Lipinski definition) is 3. The average molecular weight is 861 g/mol. The van der Waals surface area contributed by atoms with Crippen molar-refractivity contribution < 1.29 is 52.0 Å². The largest absolute Gasteiger partial charge is 0.511 e. The maximum atomic E-state index is 15.6.